The van der Waals surface area contributed by atoms with Crippen molar-refractivity contribution in [3.8, 4) is 6.07 Å². The van der Waals surface area contributed by atoms with Crippen LogP contribution in [0, 0.1) is 11.3 Å². The van der Waals surface area contributed by atoms with Gasteiger partial charge in [-0.2, -0.15) is 5.26 Å². The van der Waals surface area contributed by atoms with Crippen molar-refractivity contribution in [3.63, 3.8) is 0 Å². The van der Waals surface area contributed by atoms with Crippen LogP contribution in [0.2, 0.25) is 0 Å². The summed E-state index contributed by atoms with van der Waals surface area (Å²) in [7, 11) is 0. The van der Waals surface area contributed by atoms with E-state index in [0.29, 0.717) is 6.61 Å². The van der Waals surface area contributed by atoms with E-state index in [1.165, 1.54) is 0 Å². The molecule has 0 aliphatic rings. The summed E-state index contributed by atoms with van der Waals surface area (Å²) in [6.07, 6.45) is 0. The molecule has 0 aliphatic carbocycles. The lowest BCUT2D eigenvalue weighted by Crippen LogP contribution is -2.35. The van der Waals surface area contributed by atoms with Crippen molar-refractivity contribution < 1.29 is 4.74 Å². The van der Waals surface area contributed by atoms with E-state index in [1.807, 2.05) is 74.5 Å². The number of hydrogen-bond donors (Lipinski definition) is 0. The van der Waals surface area contributed by atoms with E-state index < -0.39 is 5.60 Å². The molecule has 0 heterocycles. The zero-order valence-electron chi connectivity index (χ0n) is 11.9. The minimum Gasteiger partial charge on any atom is -0.360 e. The second kappa shape index (κ2) is 6.36. The lowest BCUT2D eigenvalue weighted by molar-refractivity contribution is 0.00763. The normalized spacial score (nSPS) is 13.7. The topological polar surface area (TPSA) is 33.0 Å². The van der Waals surface area contributed by atoms with Crippen molar-refractivity contribution in [1.29, 1.82) is 5.26 Å². The number of rotatable bonds is 5. The first-order valence-electron chi connectivity index (χ1n) is 6.86. The van der Waals surface area contributed by atoms with E-state index >= 15 is 0 Å². The first-order chi connectivity index (χ1) is 9.71. The predicted octanol–water partition coefficient (Wildman–Crippen LogP) is 4.14. The van der Waals surface area contributed by atoms with Gasteiger partial charge in [0.05, 0.1) is 12.0 Å². The maximum atomic E-state index is 9.63. The number of nitriles is 1. The Morgan fingerprint density at radius 3 is 1.80 bits per heavy atom. The van der Waals surface area contributed by atoms with Gasteiger partial charge in [-0.25, -0.2) is 0 Å². The molecule has 2 rings (SSSR count). The molecule has 2 aromatic carbocycles. The van der Waals surface area contributed by atoms with Gasteiger partial charge in [0.25, 0.3) is 0 Å². The Morgan fingerprint density at radius 2 is 1.45 bits per heavy atom. The molecule has 0 fully saturated rings. The van der Waals surface area contributed by atoms with Gasteiger partial charge in [0.1, 0.15) is 0 Å². The van der Waals surface area contributed by atoms with Crippen molar-refractivity contribution in [2.75, 3.05) is 6.61 Å². The maximum Gasteiger partial charge on any atom is 0.162 e. The molecular formula is C18H19NO. The van der Waals surface area contributed by atoms with Crippen LogP contribution in [-0.2, 0) is 4.74 Å². The highest BCUT2D eigenvalue weighted by molar-refractivity contribution is 5.38. The van der Waals surface area contributed by atoms with Crippen LogP contribution in [0.3, 0.4) is 0 Å². The molecule has 2 heteroatoms. The zero-order valence-corrected chi connectivity index (χ0v) is 11.9. The van der Waals surface area contributed by atoms with Crippen LogP contribution in [0.5, 0.6) is 0 Å². The van der Waals surface area contributed by atoms with Crippen LogP contribution >= 0.6 is 0 Å². The van der Waals surface area contributed by atoms with Gasteiger partial charge < -0.3 is 4.74 Å². The molecule has 0 N–H and O–H groups in total. The summed E-state index contributed by atoms with van der Waals surface area (Å²) in [6, 6.07) is 22.5. The van der Waals surface area contributed by atoms with E-state index in [0.717, 1.165) is 11.1 Å². The van der Waals surface area contributed by atoms with Crippen LogP contribution in [-0.4, -0.2) is 12.2 Å². The van der Waals surface area contributed by atoms with Gasteiger partial charge in [0.15, 0.2) is 5.60 Å². The van der Waals surface area contributed by atoms with Crippen molar-refractivity contribution in [2.45, 2.75) is 25.4 Å². The quantitative estimate of drug-likeness (QED) is 0.814. The maximum absolute atomic E-state index is 9.63. The van der Waals surface area contributed by atoms with Crippen LogP contribution in [0.25, 0.3) is 0 Å². The summed E-state index contributed by atoms with van der Waals surface area (Å²) >= 11 is 0. The van der Waals surface area contributed by atoms with E-state index in [1.54, 1.807) is 0 Å². The van der Waals surface area contributed by atoms with Gasteiger partial charge in [0, 0.05) is 6.61 Å². The third-order valence-electron chi connectivity index (χ3n) is 3.48. The predicted molar refractivity (Wildman–Crippen MR) is 80.4 cm³/mol. The van der Waals surface area contributed by atoms with Gasteiger partial charge in [-0.3, -0.25) is 0 Å². The summed E-state index contributed by atoms with van der Waals surface area (Å²) in [5.74, 6) is -0.102. The van der Waals surface area contributed by atoms with E-state index in [-0.39, 0.29) is 5.92 Å². The molecule has 20 heavy (non-hydrogen) atoms. The van der Waals surface area contributed by atoms with Crippen molar-refractivity contribution in [3.05, 3.63) is 71.8 Å². The third-order valence-corrected chi connectivity index (χ3v) is 3.48. The van der Waals surface area contributed by atoms with Crippen LogP contribution in [0.15, 0.2) is 60.7 Å². The molecule has 0 saturated carbocycles. The molecule has 0 amide bonds. The van der Waals surface area contributed by atoms with E-state index in [9.17, 15) is 5.26 Å². The Balaban J connectivity index is 2.54. The minimum absolute atomic E-state index is 0.102. The molecule has 0 radical (unpaired) electrons. The lowest BCUT2D eigenvalue weighted by atomic mass is 9.79. The Bertz CT molecular complexity index is 534. The van der Waals surface area contributed by atoms with Crippen molar-refractivity contribution >= 4 is 0 Å². The first kappa shape index (κ1) is 14.3. The highest BCUT2D eigenvalue weighted by Gasteiger charge is 2.37. The molecule has 2 nitrogen and oxygen atoms in total. The summed E-state index contributed by atoms with van der Waals surface area (Å²) in [5.41, 5.74) is 1.31. The van der Waals surface area contributed by atoms with Crippen LogP contribution in [0.1, 0.15) is 30.9 Å². The number of hydrogen-bond acceptors (Lipinski definition) is 2. The fourth-order valence-electron chi connectivity index (χ4n) is 2.60. The van der Waals surface area contributed by atoms with E-state index in [2.05, 4.69) is 6.07 Å². The molecule has 0 aliphatic heterocycles. The van der Waals surface area contributed by atoms with Gasteiger partial charge in [-0.05, 0) is 25.0 Å². The molecule has 1 atom stereocenters. The summed E-state index contributed by atoms with van der Waals surface area (Å²) in [6.45, 7) is 4.30. The molecule has 2 aromatic rings. The average Bonchev–Trinajstić information content (AvgIpc) is 2.50. The van der Waals surface area contributed by atoms with Crippen molar-refractivity contribution in [1.82, 2.24) is 0 Å². The number of benzene rings is 2. The monoisotopic (exact) mass is 265 g/mol. The molecular weight excluding hydrogens is 246 g/mol. The Hall–Kier alpha value is -2.11. The largest absolute Gasteiger partial charge is 0.360 e. The Morgan fingerprint density at radius 1 is 1.00 bits per heavy atom. The molecule has 0 spiro atoms. The molecule has 102 valence electrons. The summed E-state index contributed by atoms with van der Waals surface area (Å²) < 4.78 is 5.79. The standard InChI is InChI=1S/C18H19NO/c1-3-20-18(2,14-19)17(15-10-6-4-7-11-15)16-12-8-5-9-13-16/h4-13,17H,3H2,1-2H3. The Labute approximate surface area is 120 Å². The smallest absolute Gasteiger partial charge is 0.162 e. The molecule has 1 unspecified atom stereocenters. The van der Waals surface area contributed by atoms with Crippen LogP contribution < -0.4 is 0 Å². The SMILES string of the molecule is CCOC(C)(C#N)C(c1ccccc1)c1ccccc1. The second-order valence-electron chi connectivity index (χ2n) is 4.91. The lowest BCUT2D eigenvalue weighted by Gasteiger charge is -2.32. The summed E-state index contributed by atoms with van der Waals surface area (Å²) in [5, 5.41) is 9.63. The Kier molecular flexibility index (Phi) is 4.55. The second-order valence-corrected chi connectivity index (χ2v) is 4.91. The third kappa shape index (κ3) is 2.89. The fourth-order valence-corrected chi connectivity index (χ4v) is 2.60. The van der Waals surface area contributed by atoms with E-state index in [4.69, 9.17) is 4.74 Å². The van der Waals surface area contributed by atoms with Gasteiger partial charge in [-0.1, -0.05) is 60.7 Å². The molecule has 0 aromatic heterocycles. The van der Waals surface area contributed by atoms with Crippen LogP contribution in [0.4, 0.5) is 0 Å². The molecule has 0 bridgehead atoms. The van der Waals surface area contributed by atoms with Gasteiger partial charge in [0.2, 0.25) is 0 Å². The zero-order chi connectivity index (χ0) is 14.4. The first-order valence-corrected chi connectivity index (χ1v) is 6.86. The van der Waals surface area contributed by atoms with Gasteiger partial charge in [-0.15, -0.1) is 0 Å². The average molecular weight is 265 g/mol. The number of nitrogens with zero attached hydrogens (tertiary/aromatic N) is 1. The minimum atomic E-state index is -0.878. The summed E-state index contributed by atoms with van der Waals surface area (Å²) in [4.78, 5) is 0. The molecule has 0 saturated heterocycles. The highest BCUT2D eigenvalue weighted by atomic mass is 16.5. The highest BCUT2D eigenvalue weighted by Crippen LogP contribution is 2.36. The van der Waals surface area contributed by atoms with Gasteiger partial charge >= 0.3 is 0 Å². The number of ether oxygens (including phenoxy) is 1. The fraction of sp³-hybridized carbons (Fsp3) is 0.278. The van der Waals surface area contributed by atoms with Crippen molar-refractivity contribution in [2.24, 2.45) is 0 Å².